The third-order valence-electron chi connectivity index (χ3n) is 4.11. The van der Waals surface area contributed by atoms with Gasteiger partial charge < -0.3 is 20.1 Å². The van der Waals surface area contributed by atoms with E-state index in [9.17, 15) is 9.59 Å². The second-order valence-corrected chi connectivity index (χ2v) is 7.33. The number of rotatable bonds is 8. The molecule has 2 aromatic rings. The number of benzene rings is 1. The maximum Gasteiger partial charge on any atom is 0.328 e. The van der Waals surface area contributed by atoms with Crippen molar-refractivity contribution in [2.45, 2.75) is 17.7 Å². The number of likely N-dealkylation sites (tertiary alicyclic amines) is 1. The molecule has 0 radical (unpaired) electrons. The van der Waals surface area contributed by atoms with Gasteiger partial charge in [0, 0.05) is 59.4 Å². The predicted octanol–water partition coefficient (Wildman–Crippen LogP) is 3.65. The van der Waals surface area contributed by atoms with Gasteiger partial charge in [-0.05, 0) is 12.5 Å². The quantitative estimate of drug-likeness (QED) is 0.263. The number of aromatic nitrogens is 1. The van der Waals surface area contributed by atoms with Gasteiger partial charge in [-0.1, -0.05) is 24.3 Å². The number of carbonyl (C=O) groups is 2. The molecule has 0 aliphatic carbocycles. The number of nitrogens with one attached hydrogen (secondary N) is 1. The Hall–Kier alpha value is -3.00. The number of carboxylic acids is 2. The molecular formula is C21H25N3O4S. The molecule has 3 rings (SSSR count). The highest BCUT2D eigenvalue weighted by Gasteiger charge is 2.16. The lowest BCUT2D eigenvalue weighted by molar-refractivity contribution is -0.134. The number of carboxylic acid groups (broad SMARTS) is 2. The fraction of sp³-hybridized carbons (Fsp3) is 0.286. The van der Waals surface area contributed by atoms with Gasteiger partial charge in [0.2, 0.25) is 0 Å². The van der Waals surface area contributed by atoms with Crippen LogP contribution in [0, 0.1) is 0 Å². The largest absolute Gasteiger partial charge is 0.478 e. The Morgan fingerprint density at radius 1 is 1.24 bits per heavy atom. The van der Waals surface area contributed by atoms with Crippen LogP contribution in [0.1, 0.15) is 12.8 Å². The molecule has 7 nitrogen and oxygen atoms in total. The van der Waals surface area contributed by atoms with Gasteiger partial charge in [-0.15, -0.1) is 18.3 Å². The Kier molecular flexibility index (Phi) is 9.04. The zero-order valence-corrected chi connectivity index (χ0v) is 16.9. The number of aromatic amines is 1. The molecule has 0 spiro atoms. The van der Waals surface area contributed by atoms with Crippen molar-refractivity contribution in [1.82, 2.24) is 9.88 Å². The van der Waals surface area contributed by atoms with E-state index in [0.717, 1.165) is 31.8 Å². The average Bonchev–Trinajstić information content (AvgIpc) is 3.31. The van der Waals surface area contributed by atoms with Crippen LogP contribution in [0.2, 0.25) is 0 Å². The molecule has 1 aromatic heterocycles. The Bertz CT molecular complexity index is 888. The molecule has 29 heavy (non-hydrogen) atoms. The molecule has 154 valence electrons. The van der Waals surface area contributed by atoms with Crippen LogP contribution in [0.5, 0.6) is 0 Å². The third kappa shape index (κ3) is 7.50. The molecule has 1 aromatic carbocycles. The number of hydrogen-bond donors (Lipinski definition) is 3. The summed E-state index contributed by atoms with van der Waals surface area (Å²) in [7, 11) is 0. The number of hydrogen-bond acceptors (Lipinski definition) is 4. The SMILES string of the molecule is C=CCN1CCCC1=NCCSc1c[nH]c2ccccc12.O=C(O)C=CC(=O)O. The van der Waals surface area contributed by atoms with Crippen LogP contribution in [-0.2, 0) is 9.59 Å². The molecule has 0 saturated carbocycles. The number of aliphatic carboxylic acids is 2. The number of fused-ring (bicyclic) bond motifs is 1. The lowest BCUT2D eigenvalue weighted by atomic mass is 10.2. The molecule has 3 N–H and O–H groups in total. The Morgan fingerprint density at radius 3 is 2.66 bits per heavy atom. The molecule has 2 heterocycles. The Labute approximate surface area is 173 Å². The monoisotopic (exact) mass is 415 g/mol. The molecule has 1 saturated heterocycles. The minimum atomic E-state index is -1.26. The summed E-state index contributed by atoms with van der Waals surface area (Å²) in [6.45, 7) is 6.75. The summed E-state index contributed by atoms with van der Waals surface area (Å²) < 4.78 is 0. The van der Waals surface area contributed by atoms with Gasteiger partial charge >= 0.3 is 11.9 Å². The molecule has 0 bridgehead atoms. The zero-order valence-electron chi connectivity index (χ0n) is 16.1. The number of thioether (sulfide) groups is 1. The van der Waals surface area contributed by atoms with Gasteiger partial charge in [0.05, 0.1) is 12.4 Å². The summed E-state index contributed by atoms with van der Waals surface area (Å²) in [4.78, 5) is 30.8. The van der Waals surface area contributed by atoms with Crippen LogP contribution in [0.4, 0.5) is 0 Å². The molecular weight excluding hydrogens is 390 g/mol. The fourth-order valence-electron chi connectivity index (χ4n) is 2.88. The Morgan fingerprint density at radius 2 is 1.97 bits per heavy atom. The lowest BCUT2D eigenvalue weighted by Gasteiger charge is -2.16. The van der Waals surface area contributed by atoms with Crippen LogP contribution in [0.15, 0.2) is 65.2 Å². The van der Waals surface area contributed by atoms with Gasteiger partial charge in [-0.2, -0.15) is 0 Å². The van der Waals surface area contributed by atoms with Gasteiger partial charge in [-0.3, -0.25) is 4.99 Å². The second kappa shape index (κ2) is 11.8. The van der Waals surface area contributed by atoms with Crippen LogP contribution < -0.4 is 0 Å². The fourth-order valence-corrected chi connectivity index (χ4v) is 3.76. The van der Waals surface area contributed by atoms with Crippen molar-refractivity contribution in [2.24, 2.45) is 4.99 Å². The van der Waals surface area contributed by atoms with E-state index >= 15 is 0 Å². The number of para-hydroxylation sites is 1. The van der Waals surface area contributed by atoms with Crippen molar-refractivity contribution in [3.8, 4) is 0 Å². The number of aliphatic imine (C=N–C) groups is 1. The number of H-pyrrole nitrogens is 1. The molecule has 1 aliphatic rings. The molecule has 0 unspecified atom stereocenters. The van der Waals surface area contributed by atoms with Crippen molar-refractivity contribution in [2.75, 3.05) is 25.4 Å². The topological polar surface area (TPSA) is 106 Å². The summed E-state index contributed by atoms with van der Waals surface area (Å²) in [5.74, 6) is -0.234. The van der Waals surface area contributed by atoms with Gasteiger partial charge in [-0.25, -0.2) is 9.59 Å². The minimum absolute atomic E-state index is 0.558. The summed E-state index contributed by atoms with van der Waals surface area (Å²) in [5, 5.41) is 16.9. The van der Waals surface area contributed by atoms with Gasteiger partial charge in [0.15, 0.2) is 0 Å². The molecule has 1 fully saturated rings. The normalized spacial score (nSPS) is 14.9. The predicted molar refractivity (Wildman–Crippen MR) is 117 cm³/mol. The smallest absolute Gasteiger partial charge is 0.328 e. The van der Waals surface area contributed by atoms with Crippen molar-refractivity contribution < 1.29 is 19.8 Å². The van der Waals surface area contributed by atoms with Gasteiger partial charge in [0.25, 0.3) is 0 Å². The number of amidine groups is 1. The van der Waals surface area contributed by atoms with Crippen molar-refractivity contribution >= 4 is 40.4 Å². The van der Waals surface area contributed by atoms with E-state index in [0.29, 0.717) is 12.2 Å². The Balaban J connectivity index is 0.000000321. The van der Waals surface area contributed by atoms with E-state index in [1.165, 1.54) is 28.1 Å². The van der Waals surface area contributed by atoms with Crippen LogP contribution in [0.3, 0.4) is 0 Å². The van der Waals surface area contributed by atoms with E-state index < -0.39 is 11.9 Å². The maximum atomic E-state index is 9.55. The van der Waals surface area contributed by atoms with E-state index in [1.807, 2.05) is 17.8 Å². The summed E-state index contributed by atoms with van der Waals surface area (Å²) in [6, 6.07) is 8.44. The standard InChI is InChI=1S/C17H21N3S.C4H4O4/c1-2-10-20-11-5-8-17(20)18-9-12-21-16-13-19-15-7-4-3-6-14(15)16;5-3(6)1-2-4(7)8/h2-4,6-7,13,19H,1,5,8-12H2;1-2H,(H,5,6)(H,7,8). The minimum Gasteiger partial charge on any atom is -0.478 e. The highest BCUT2D eigenvalue weighted by Crippen LogP contribution is 2.27. The summed E-state index contributed by atoms with van der Waals surface area (Å²) in [5.41, 5.74) is 1.21. The average molecular weight is 416 g/mol. The van der Waals surface area contributed by atoms with E-state index in [4.69, 9.17) is 15.2 Å². The summed E-state index contributed by atoms with van der Waals surface area (Å²) in [6.07, 6.45) is 7.52. The molecule has 8 heteroatoms. The first-order chi connectivity index (χ1) is 14.0. The lowest BCUT2D eigenvalue weighted by Crippen LogP contribution is -2.25. The highest BCUT2D eigenvalue weighted by atomic mass is 32.2. The summed E-state index contributed by atoms with van der Waals surface area (Å²) >= 11 is 1.88. The molecule has 0 amide bonds. The highest BCUT2D eigenvalue weighted by molar-refractivity contribution is 7.99. The van der Waals surface area contributed by atoms with Crippen molar-refractivity contribution in [3.63, 3.8) is 0 Å². The van der Waals surface area contributed by atoms with E-state index in [-0.39, 0.29) is 0 Å². The maximum absolute atomic E-state index is 9.55. The first-order valence-corrected chi connectivity index (χ1v) is 10.2. The zero-order chi connectivity index (χ0) is 21.1. The molecule has 1 aliphatic heterocycles. The van der Waals surface area contributed by atoms with Crippen molar-refractivity contribution in [1.29, 1.82) is 0 Å². The van der Waals surface area contributed by atoms with Crippen LogP contribution in [0.25, 0.3) is 10.9 Å². The molecule has 0 atom stereocenters. The first-order valence-electron chi connectivity index (χ1n) is 9.23. The van der Waals surface area contributed by atoms with Crippen LogP contribution in [-0.4, -0.2) is 63.3 Å². The number of nitrogens with zero attached hydrogens (tertiary/aromatic N) is 2. The van der Waals surface area contributed by atoms with Gasteiger partial charge in [0.1, 0.15) is 0 Å². The first kappa shape index (κ1) is 22.3. The van der Waals surface area contributed by atoms with E-state index in [1.54, 1.807) is 0 Å². The van der Waals surface area contributed by atoms with E-state index in [2.05, 4.69) is 46.9 Å². The van der Waals surface area contributed by atoms with Crippen molar-refractivity contribution in [3.05, 3.63) is 55.3 Å². The second-order valence-electron chi connectivity index (χ2n) is 6.19. The van der Waals surface area contributed by atoms with Crippen LogP contribution >= 0.6 is 11.8 Å². The third-order valence-corrected chi connectivity index (χ3v) is 5.14.